The molecule has 2 aliphatic rings. The summed E-state index contributed by atoms with van der Waals surface area (Å²) in [6, 6.07) is 19.6. The molecule has 0 aliphatic carbocycles. The van der Waals surface area contributed by atoms with Gasteiger partial charge in [-0.1, -0.05) is 0 Å². The van der Waals surface area contributed by atoms with Crippen molar-refractivity contribution in [3.05, 3.63) is 105 Å². The molecule has 6 rings (SSSR count). The Kier molecular flexibility index (Phi) is 18.0. The topological polar surface area (TPSA) is 187 Å². The van der Waals surface area contributed by atoms with Crippen molar-refractivity contribution in [2.45, 2.75) is 24.9 Å². The number of rotatable bonds is 9. The number of nitro benzene ring substituents is 1. The van der Waals surface area contributed by atoms with Gasteiger partial charge in [-0.3, -0.25) is 0 Å². The van der Waals surface area contributed by atoms with Gasteiger partial charge in [-0.25, -0.2) is 0 Å². The molecule has 0 bridgehead atoms. The number of methoxy groups -OCH3 is 2. The first kappa shape index (κ1) is 45.9. The van der Waals surface area contributed by atoms with Crippen molar-refractivity contribution >= 4 is 127 Å². The summed E-state index contributed by atoms with van der Waals surface area (Å²) >= 11 is 0.623. The summed E-state index contributed by atoms with van der Waals surface area (Å²) in [5, 5.41) is 31.0. The van der Waals surface area contributed by atoms with Crippen LogP contribution in [0.3, 0.4) is 0 Å². The van der Waals surface area contributed by atoms with E-state index in [9.17, 15) is 29.9 Å². The first-order valence-electron chi connectivity index (χ1n) is 15.5. The molecule has 54 heavy (non-hydrogen) atoms. The van der Waals surface area contributed by atoms with E-state index in [1.165, 1.54) is 25.2 Å². The zero-order chi connectivity index (χ0) is 37.5. The summed E-state index contributed by atoms with van der Waals surface area (Å²) in [4.78, 5) is 40.3. The molecule has 0 spiro atoms. The van der Waals surface area contributed by atoms with Crippen molar-refractivity contribution in [2.75, 3.05) is 43.0 Å². The van der Waals surface area contributed by atoms with Crippen molar-refractivity contribution in [3.63, 3.8) is 0 Å². The fourth-order valence-corrected chi connectivity index (χ4v) is 7.19. The summed E-state index contributed by atoms with van der Waals surface area (Å²) in [5.41, 5.74) is 9.44. The van der Waals surface area contributed by atoms with E-state index in [4.69, 9.17) is 23.6 Å². The van der Waals surface area contributed by atoms with Crippen LogP contribution < -0.4 is 33.4 Å². The predicted molar refractivity (Wildman–Crippen MR) is 222 cm³/mol. The molecule has 14 nitrogen and oxygen atoms in total. The molecule has 0 fully saturated rings. The number of anilines is 3. The molecule has 284 valence electrons. The summed E-state index contributed by atoms with van der Waals surface area (Å²) in [6.45, 7) is -0.387. The third-order valence-electron chi connectivity index (χ3n) is 8.56. The Balaban J connectivity index is 0.000000281. The number of aliphatic hydroxyl groups excluding tert-OH is 2. The quantitative estimate of drug-likeness (QED) is 0.0426. The number of nitrogens with zero attached hydrogens (tertiary/aromatic N) is 3. The maximum atomic E-state index is 13.2. The first-order valence-corrected chi connectivity index (χ1v) is 19.5. The molecular weight excluding hydrogens is 1160 g/mol. The molecule has 0 saturated heterocycles. The van der Waals surface area contributed by atoms with Gasteiger partial charge in [0.25, 0.3) is 0 Å². The molecule has 2 amide bonds. The predicted octanol–water partition coefficient (Wildman–Crippen LogP) is 3.04. The number of nitro groups is 1. The molecule has 0 aromatic heterocycles. The van der Waals surface area contributed by atoms with Crippen LogP contribution in [-0.2, 0) is 34.9 Å². The number of nitrogens with two attached hydrogens (primary N) is 1. The van der Waals surface area contributed by atoms with Crippen LogP contribution in [-0.4, -0.2) is 121 Å². The number of thiol groups is 2. The third kappa shape index (κ3) is 9.73. The average molecular weight is 1200 g/mol. The Bertz CT molecular complexity index is 2140. The molecule has 2 atom stereocenters. The number of fused-ring (bicyclic) bond motifs is 2. The van der Waals surface area contributed by atoms with Crippen LogP contribution in [0.2, 0.25) is 0 Å². The number of benzene rings is 4. The minimum absolute atomic E-state index is 0. The molecule has 0 unspecified atom stereocenters. The van der Waals surface area contributed by atoms with Crippen LogP contribution in [0, 0.1) is 10.1 Å². The van der Waals surface area contributed by atoms with Gasteiger partial charge in [-0.2, -0.15) is 0 Å². The van der Waals surface area contributed by atoms with Crippen molar-refractivity contribution in [1.82, 2.24) is 0 Å². The van der Waals surface area contributed by atoms with Gasteiger partial charge in [0.1, 0.15) is 0 Å². The van der Waals surface area contributed by atoms with Crippen LogP contribution >= 0.6 is 15.6 Å². The number of nitrogen functional groups attached to an aromatic ring is 1. The van der Waals surface area contributed by atoms with Gasteiger partial charge in [0.15, 0.2) is 0 Å². The van der Waals surface area contributed by atoms with Gasteiger partial charge < -0.3 is 0 Å². The summed E-state index contributed by atoms with van der Waals surface area (Å²) in [7, 11) is 10.8. The van der Waals surface area contributed by atoms with Crippen LogP contribution in [0.4, 0.5) is 22.7 Å². The summed E-state index contributed by atoms with van der Waals surface area (Å²) in [6.07, 6.45) is 1.08. The van der Waals surface area contributed by atoms with E-state index in [-0.39, 0.29) is 114 Å². The van der Waals surface area contributed by atoms with Gasteiger partial charge in [-0.05, 0) is 0 Å². The monoisotopic (exact) mass is 1200 g/mol. The van der Waals surface area contributed by atoms with E-state index < -0.39 is 22.6 Å². The second-order valence-corrected chi connectivity index (χ2v) is 13.1. The zero-order valence-corrected chi connectivity index (χ0v) is 48.9. The van der Waals surface area contributed by atoms with Crippen LogP contribution in [0.1, 0.15) is 31.8 Å². The number of amides is 2. The Morgan fingerprint density at radius 2 is 1.20 bits per heavy atom. The normalized spacial score (nSPS) is 14.9. The fourth-order valence-electron chi connectivity index (χ4n) is 6.21. The van der Waals surface area contributed by atoms with Gasteiger partial charge in [-0.15, -0.1) is 0 Å². The van der Waals surface area contributed by atoms with Crippen LogP contribution in [0.15, 0.2) is 72.8 Å². The van der Waals surface area contributed by atoms with Crippen LogP contribution in [0.25, 0.3) is 0 Å². The van der Waals surface area contributed by atoms with E-state index in [0.29, 0.717) is 46.6 Å². The number of carbonyl (C=O) groups is 2. The second-order valence-electron chi connectivity index (χ2n) is 11.4. The Morgan fingerprint density at radius 3 is 1.63 bits per heavy atom. The van der Waals surface area contributed by atoms with Crippen molar-refractivity contribution in [1.29, 1.82) is 0 Å². The van der Waals surface area contributed by atoms with Gasteiger partial charge >= 0.3 is 365 Å². The Morgan fingerprint density at radius 1 is 0.778 bits per heavy atom. The summed E-state index contributed by atoms with van der Waals surface area (Å²) in [5.74, 6) is 0.228. The standard InChI is InChI=1S/C17H16N2O6PS.C17H18N2O4PS.2Tl.4H/c1-24-15-7-12(14(19(22)23)8-16(15)25-27-26)17(21)18-11(9-20)6-10-4-2-3-5-13(10)18;1-22-15-7-12(13(18)8-16(15)23-25-24)17(21)19-11(9-20)6-10-4-2-3-5-14(10)19;;;;;;/h2-5,7-8,11,20,27H,6,9H2,1H3;2-5,7-8,11,20,25H,6,9,18H2,1H3;;;;;;/q2*-1;;;;;;/t2*11-;;;;;;/m00....../s1. The Hall–Kier alpha value is -2.46. The molecule has 4 aromatic carbocycles. The zero-order valence-electron chi connectivity index (χ0n) is 29.8. The molecule has 20 heteroatoms. The second kappa shape index (κ2) is 21.2. The van der Waals surface area contributed by atoms with Crippen molar-refractivity contribution in [2.24, 2.45) is 0 Å². The minimum atomic E-state index is -0.648. The third-order valence-corrected chi connectivity index (χ3v) is 9.60. The van der Waals surface area contributed by atoms with Crippen LogP contribution in [0.5, 0.6) is 23.0 Å². The number of carbonyl (C=O) groups excluding carboxylic acids is 2. The first-order chi connectivity index (χ1) is 25.1. The maximum absolute atomic E-state index is 13.2. The van der Waals surface area contributed by atoms with E-state index in [1.54, 1.807) is 29.2 Å². The SMILES string of the molecule is COc1cc(C(=O)N2c3ccccc3C[C@H]2CO)c(N)cc1O[SH-]#P.COc1cc(C(=O)N2c3ccccc3C[C@H]2CO)c([N+](=O)[O-])cc1O[SH-]#P.[TlH2].[TlH2]. The van der Waals surface area contributed by atoms with Gasteiger partial charge in [0.05, 0.1) is 0 Å². The molecule has 2 radical (unpaired) electrons. The van der Waals surface area contributed by atoms with Gasteiger partial charge in [0.2, 0.25) is 0 Å². The molecule has 4 N–H and O–H groups in total. The Labute approximate surface area is 362 Å². The summed E-state index contributed by atoms with van der Waals surface area (Å²) < 4.78 is 21.0. The van der Waals surface area contributed by atoms with Crippen molar-refractivity contribution in [3.8, 4) is 23.0 Å². The average Bonchev–Trinajstić information content (AvgIpc) is 3.73. The number of para-hydroxylation sites is 2. The molecule has 4 aromatic rings. The molecular formula is C34H38N4O10P2S2Tl2-2. The van der Waals surface area contributed by atoms with E-state index in [0.717, 1.165) is 22.9 Å². The van der Waals surface area contributed by atoms with Crippen molar-refractivity contribution < 1.29 is 42.6 Å². The fraction of sp³-hybridized carbons (Fsp3) is 0.235. The van der Waals surface area contributed by atoms with E-state index in [1.807, 2.05) is 36.4 Å². The number of hydrogen-bond acceptors (Lipinski definition) is 13. The van der Waals surface area contributed by atoms with E-state index in [2.05, 4.69) is 15.6 Å². The molecule has 0 saturated carbocycles. The van der Waals surface area contributed by atoms with E-state index >= 15 is 0 Å². The molecule has 2 aliphatic heterocycles. The molecule has 2 heterocycles. The van der Waals surface area contributed by atoms with Gasteiger partial charge in [0, 0.05) is 0 Å². The number of hydrogen-bond donors (Lipinski definition) is 3. The number of aliphatic hydroxyl groups is 2. The number of ether oxygens (including phenoxy) is 2.